The molecule has 21 heteroatoms. The number of nitrogens with two attached hydrogens (primary N) is 3. The fourth-order valence-electron chi connectivity index (χ4n) is 4.28. The monoisotopic (exact) mass is 732 g/mol. The molecular formula is C30H56N10O11. The Labute approximate surface area is 296 Å². The third-order valence-corrected chi connectivity index (χ3v) is 7.52. The first-order chi connectivity index (χ1) is 23.5. The van der Waals surface area contributed by atoms with E-state index in [1.807, 2.05) is 0 Å². The van der Waals surface area contributed by atoms with Crippen molar-refractivity contribution in [2.75, 3.05) is 13.2 Å². The van der Waals surface area contributed by atoms with Crippen LogP contribution in [-0.2, 0) is 33.6 Å². The highest BCUT2D eigenvalue weighted by atomic mass is 16.4. The maximum atomic E-state index is 13.3. The molecule has 16 N–H and O–H groups in total. The zero-order chi connectivity index (χ0) is 39.7. The van der Waals surface area contributed by atoms with Gasteiger partial charge in [0.1, 0.15) is 36.3 Å². The molecule has 0 aliphatic rings. The third-order valence-electron chi connectivity index (χ3n) is 7.52. The summed E-state index contributed by atoms with van der Waals surface area (Å²) in [6, 6.07) is -9.85. The minimum Gasteiger partial charge on any atom is -0.480 e. The Bertz CT molecular complexity index is 1240. The first-order valence-electron chi connectivity index (χ1n) is 16.4. The largest absolute Gasteiger partial charge is 0.480 e. The van der Waals surface area contributed by atoms with Crippen LogP contribution in [0.3, 0.4) is 0 Å². The van der Waals surface area contributed by atoms with Crippen molar-refractivity contribution < 1.29 is 54.0 Å². The van der Waals surface area contributed by atoms with Crippen molar-refractivity contribution in [1.82, 2.24) is 31.9 Å². The summed E-state index contributed by atoms with van der Waals surface area (Å²) in [5.74, 6) is -8.02. The maximum absolute atomic E-state index is 13.3. The van der Waals surface area contributed by atoms with Crippen LogP contribution in [0.15, 0.2) is 4.99 Å². The summed E-state index contributed by atoms with van der Waals surface area (Å²) in [4.78, 5) is 92.9. The fraction of sp³-hybridized carbons (Fsp3) is 0.733. The molecule has 0 saturated carbocycles. The molecule has 6 amide bonds. The van der Waals surface area contributed by atoms with Gasteiger partial charge in [0.25, 0.3) is 0 Å². The van der Waals surface area contributed by atoms with Crippen molar-refractivity contribution in [3.63, 3.8) is 0 Å². The molecule has 292 valence electrons. The molecule has 0 saturated heterocycles. The lowest BCUT2D eigenvalue weighted by Gasteiger charge is -2.29. The number of guanidine groups is 1. The fourth-order valence-corrected chi connectivity index (χ4v) is 4.28. The first-order valence-corrected chi connectivity index (χ1v) is 16.4. The van der Waals surface area contributed by atoms with Crippen LogP contribution in [0.1, 0.15) is 61.3 Å². The van der Waals surface area contributed by atoms with E-state index in [9.17, 15) is 48.9 Å². The molecule has 0 fully saturated rings. The predicted octanol–water partition coefficient (Wildman–Crippen LogP) is -5.55. The third kappa shape index (κ3) is 16.3. The highest BCUT2D eigenvalue weighted by molar-refractivity contribution is 5.97. The van der Waals surface area contributed by atoms with Crippen molar-refractivity contribution in [1.29, 1.82) is 0 Å². The van der Waals surface area contributed by atoms with Crippen LogP contribution >= 0.6 is 0 Å². The van der Waals surface area contributed by atoms with Crippen LogP contribution in [0.2, 0.25) is 0 Å². The van der Waals surface area contributed by atoms with Crippen LogP contribution in [0.25, 0.3) is 0 Å². The normalized spacial score (nSPS) is 16.5. The number of aliphatic hydroxyl groups excluding tert-OH is 3. The lowest BCUT2D eigenvalue weighted by atomic mass is 10.0. The molecule has 51 heavy (non-hydrogen) atoms. The summed E-state index contributed by atoms with van der Waals surface area (Å²) >= 11 is 0. The average Bonchev–Trinajstić information content (AvgIpc) is 3.02. The van der Waals surface area contributed by atoms with Crippen LogP contribution in [0.5, 0.6) is 0 Å². The molecule has 0 bridgehead atoms. The van der Waals surface area contributed by atoms with Gasteiger partial charge < -0.3 is 69.5 Å². The number of nitrogens with one attached hydrogen (secondary N) is 6. The molecule has 0 rings (SSSR count). The van der Waals surface area contributed by atoms with Gasteiger partial charge in [0.2, 0.25) is 35.4 Å². The van der Waals surface area contributed by atoms with Crippen molar-refractivity contribution in [2.45, 2.75) is 116 Å². The number of aliphatic hydroxyl groups is 3. The number of carbonyl (C=O) groups is 7. The van der Waals surface area contributed by atoms with Gasteiger partial charge in [-0.1, -0.05) is 27.7 Å². The van der Waals surface area contributed by atoms with Crippen molar-refractivity contribution in [3.05, 3.63) is 0 Å². The Kier molecular flexibility index (Phi) is 20.3. The summed E-state index contributed by atoms with van der Waals surface area (Å²) in [6.45, 7) is 9.28. The molecule has 0 aliphatic carbocycles. The topological polar surface area (TPSA) is 363 Å². The Morgan fingerprint density at radius 3 is 1.49 bits per heavy atom. The second kappa shape index (κ2) is 22.3. The summed E-state index contributed by atoms with van der Waals surface area (Å²) in [7, 11) is 0. The minimum absolute atomic E-state index is 0.0236. The number of nitrogens with zero attached hydrogens (tertiary/aromatic N) is 1. The van der Waals surface area contributed by atoms with E-state index in [2.05, 4.69) is 36.9 Å². The summed E-state index contributed by atoms with van der Waals surface area (Å²) in [6.07, 6.45) is -2.76. The zero-order valence-corrected chi connectivity index (χ0v) is 30.0. The van der Waals surface area contributed by atoms with Crippen molar-refractivity contribution in [3.8, 4) is 0 Å². The van der Waals surface area contributed by atoms with E-state index < -0.39 is 108 Å². The number of rotatable bonds is 22. The predicted molar refractivity (Wildman–Crippen MR) is 183 cm³/mol. The standard InChI is InChI=1S/C30H56N10O11/c1-12(2)19(31)25(46)36-17(9-8-10-34-30(32)33)24(45)40-21(15(6)42)27(48)35-14(5)23(44)39-22(16(7)43)28(49)38-20(13(3)4)26(47)37-18(11-41)29(50)51/h12-22,41-43H,8-11,31H2,1-7H3,(H,35,48)(H,36,46)(H,37,47)(H,38,49)(H,39,44)(H,40,45)(H,50,51)(H4,32,33,34)/t14-,15+,16+,17-,18-,19-,20-,21-,22-/m0/s1. The van der Waals surface area contributed by atoms with Crippen LogP contribution < -0.4 is 49.1 Å². The smallest absolute Gasteiger partial charge is 0.328 e. The highest BCUT2D eigenvalue weighted by Gasteiger charge is 2.35. The van der Waals surface area contributed by atoms with Crippen LogP contribution in [0, 0.1) is 11.8 Å². The van der Waals surface area contributed by atoms with Gasteiger partial charge in [0.15, 0.2) is 5.96 Å². The van der Waals surface area contributed by atoms with Gasteiger partial charge in [0.05, 0.1) is 24.9 Å². The van der Waals surface area contributed by atoms with Gasteiger partial charge in [-0.2, -0.15) is 0 Å². The van der Waals surface area contributed by atoms with Crippen LogP contribution in [-0.4, -0.2) is 135 Å². The van der Waals surface area contributed by atoms with E-state index in [0.29, 0.717) is 0 Å². The van der Waals surface area contributed by atoms with Gasteiger partial charge in [-0.15, -0.1) is 0 Å². The minimum atomic E-state index is -1.66. The van der Waals surface area contributed by atoms with Gasteiger partial charge in [0, 0.05) is 6.54 Å². The maximum Gasteiger partial charge on any atom is 0.328 e. The molecule has 9 atom stereocenters. The number of amides is 6. The molecule has 0 heterocycles. The molecular weight excluding hydrogens is 676 g/mol. The molecule has 0 radical (unpaired) electrons. The Hall–Kier alpha value is -4.60. The number of hydrogen-bond donors (Lipinski definition) is 13. The quantitative estimate of drug-likeness (QED) is 0.0281. The van der Waals surface area contributed by atoms with Gasteiger partial charge in [-0.3, -0.25) is 33.8 Å². The highest BCUT2D eigenvalue weighted by Crippen LogP contribution is 2.07. The number of carbonyl (C=O) groups excluding carboxylic acids is 6. The lowest BCUT2D eigenvalue weighted by molar-refractivity contribution is -0.143. The van der Waals surface area contributed by atoms with Crippen molar-refractivity contribution >= 4 is 47.4 Å². The second-order valence-corrected chi connectivity index (χ2v) is 12.8. The van der Waals surface area contributed by atoms with E-state index in [1.54, 1.807) is 13.8 Å². The number of aliphatic carboxylic acids is 1. The van der Waals surface area contributed by atoms with Crippen LogP contribution in [0.4, 0.5) is 0 Å². The lowest BCUT2D eigenvalue weighted by Crippen LogP contribution is -2.62. The first kappa shape index (κ1) is 46.4. The van der Waals surface area contributed by atoms with E-state index in [4.69, 9.17) is 22.3 Å². The molecule has 0 aromatic heterocycles. The van der Waals surface area contributed by atoms with E-state index >= 15 is 0 Å². The number of carboxylic acid groups (broad SMARTS) is 1. The molecule has 0 aliphatic heterocycles. The van der Waals surface area contributed by atoms with E-state index in [1.165, 1.54) is 34.6 Å². The molecule has 0 aromatic rings. The molecule has 0 aromatic carbocycles. The van der Waals surface area contributed by atoms with Crippen molar-refractivity contribution in [2.24, 2.45) is 34.0 Å². The van der Waals surface area contributed by atoms with E-state index in [0.717, 1.165) is 0 Å². The molecule has 21 nitrogen and oxygen atoms in total. The Morgan fingerprint density at radius 2 is 1.06 bits per heavy atom. The summed E-state index contributed by atoms with van der Waals surface area (Å²) < 4.78 is 0. The number of hydrogen-bond acceptors (Lipinski definition) is 12. The Balaban J connectivity index is 5.80. The summed E-state index contributed by atoms with van der Waals surface area (Å²) in [5.41, 5.74) is 16.6. The van der Waals surface area contributed by atoms with Gasteiger partial charge in [-0.05, 0) is 45.4 Å². The second-order valence-electron chi connectivity index (χ2n) is 12.8. The number of carboxylic acids is 1. The number of aliphatic imine (C=N–C) groups is 1. The van der Waals surface area contributed by atoms with E-state index in [-0.39, 0.29) is 31.3 Å². The average molecular weight is 733 g/mol. The van der Waals surface area contributed by atoms with Gasteiger partial charge >= 0.3 is 5.97 Å². The van der Waals surface area contributed by atoms with Gasteiger partial charge in [-0.25, -0.2) is 4.79 Å². The molecule has 0 unspecified atom stereocenters. The molecule has 0 spiro atoms. The zero-order valence-electron chi connectivity index (χ0n) is 30.0. The summed E-state index contributed by atoms with van der Waals surface area (Å²) in [5, 5.41) is 52.8. The SMILES string of the molecule is CC(C)[C@H](N)C(=O)N[C@@H](CCCN=C(N)N)C(=O)N[C@H](C(=O)N[C@@H](C)C(=O)N[C@H](C(=O)N[C@H](C(=O)N[C@@H](CO)C(=O)O)C(C)C)[C@@H](C)O)[C@@H](C)O. The Morgan fingerprint density at radius 1 is 0.608 bits per heavy atom.